The highest BCUT2D eigenvalue weighted by atomic mass is 35.5. The van der Waals surface area contributed by atoms with E-state index in [9.17, 15) is 0 Å². The highest BCUT2D eigenvalue weighted by molar-refractivity contribution is 6.30. The van der Waals surface area contributed by atoms with Crippen molar-refractivity contribution in [2.45, 2.75) is 13.0 Å². The maximum absolute atomic E-state index is 6.26. The molecular formula is C15H15ClN2O3. The molecule has 1 aliphatic heterocycles. The summed E-state index contributed by atoms with van der Waals surface area (Å²) in [7, 11) is 3.19. The molecule has 0 radical (unpaired) electrons. The van der Waals surface area contributed by atoms with Crippen molar-refractivity contribution < 1.29 is 14.2 Å². The number of methoxy groups -OCH3 is 2. The van der Waals surface area contributed by atoms with E-state index in [0.29, 0.717) is 35.7 Å². The number of aromatic nitrogens is 2. The minimum atomic E-state index is 0.430. The van der Waals surface area contributed by atoms with Crippen molar-refractivity contribution >= 4 is 11.6 Å². The van der Waals surface area contributed by atoms with E-state index in [-0.39, 0.29) is 0 Å². The van der Waals surface area contributed by atoms with E-state index in [1.54, 1.807) is 14.2 Å². The van der Waals surface area contributed by atoms with E-state index in [4.69, 9.17) is 25.8 Å². The van der Waals surface area contributed by atoms with E-state index in [1.165, 1.54) is 0 Å². The molecule has 6 heteroatoms. The van der Waals surface area contributed by atoms with E-state index in [1.807, 2.05) is 18.2 Å². The molecule has 21 heavy (non-hydrogen) atoms. The van der Waals surface area contributed by atoms with Crippen LogP contribution in [0.15, 0.2) is 18.2 Å². The van der Waals surface area contributed by atoms with E-state index in [2.05, 4.69) is 9.97 Å². The summed E-state index contributed by atoms with van der Waals surface area (Å²) in [4.78, 5) is 9.00. The molecule has 0 saturated heterocycles. The van der Waals surface area contributed by atoms with Crippen LogP contribution >= 0.6 is 11.6 Å². The molecule has 5 nitrogen and oxygen atoms in total. The lowest BCUT2D eigenvalue weighted by Gasteiger charge is -2.18. The van der Waals surface area contributed by atoms with E-state index >= 15 is 0 Å². The van der Waals surface area contributed by atoms with Crippen LogP contribution in [0.25, 0.3) is 11.4 Å². The van der Waals surface area contributed by atoms with Gasteiger partial charge in [0.2, 0.25) is 0 Å². The molecule has 1 aromatic heterocycles. The fourth-order valence-corrected chi connectivity index (χ4v) is 2.62. The second-order valence-corrected chi connectivity index (χ2v) is 4.96. The number of hydrogen-bond donors (Lipinski definition) is 0. The Bertz CT molecular complexity index is 676. The van der Waals surface area contributed by atoms with Gasteiger partial charge >= 0.3 is 0 Å². The van der Waals surface area contributed by atoms with E-state index < -0.39 is 0 Å². The fraction of sp³-hybridized carbons (Fsp3) is 0.333. The van der Waals surface area contributed by atoms with Gasteiger partial charge in [-0.1, -0.05) is 17.7 Å². The Morgan fingerprint density at radius 2 is 2.05 bits per heavy atom. The second kappa shape index (κ2) is 5.87. The zero-order valence-corrected chi connectivity index (χ0v) is 12.6. The Kier molecular flexibility index (Phi) is 3.94. The average Bonchev–Trinajstić information content (AvgIpc) is 2.54. The number of halogens is 1. The lowest BCUT2D eigenvalue weighted by Crippen LogP contribution is -2.14. The summed E-state index contributed by atoms with van der Waals surface area (Å²) in [6, 6.07) is 5.59. The normalized spacial score (nSPS) is 13.7. The number of rotatable bonds is 3. The molecule has 2 aromatic rings. The third-order valence-corrected chi connectivity index (χ3v) is 3.73. The quantitative estimate of drug-likeness (QED) is 0.816. The van der Waals surface area contributed by atoms with Crippen molar-refractivity contribution in [1.82, 2.24) is 9.97 Å². The molecule has 0 fully saturated rings. The molecule has 1 aromatic carbocycles. The monoisotopic (exact) mass is 306 g/mol. The first kappa shape index (κ1) is 14.1. The van der Waals surface area contributed by atoms with Gasteiger partial charge in [0.1, 0.15) is 5.15 Å². The molecular weight excluding hydrogens is 292 g/mol. The van der Waals surface area contributed by atoms with Crippen molar-refractivity contribution in [2.24, 2.45) is 0 Å². The van der Waals surface area contributed by atoms with Crippen LogP contribution in [0.5, 0.6) is 11.5 Å². The SMILES string of the molecule is COc1cccc(-c2nc(Cl)c3c(n2)CCOC3)c1OC. The van der Waals surface area contributed by atoms with E-state index in [0.717, 1.165) is 23.2 Å². The third kappa shape index (κ3) is 2.54. The molecule has 0 spiro atoms. The molecule has 0 bridgehead atoms. The number of para-hydroxylation sites is 1. The van der Waals surface area contributed by atoms with Gasteiger partial charge in [-0.3, -0.25) is 0 Å². The zero-order chi connectivity index (χ0) is 14.8. The van der Waals surface area contributed by atoms with Crippen LogP contribution < -0.4 is 9.47 Å². The molecule has 0 saturated carbocycles. The molecule has 1 aliphatic rings. The van der Waals surface area contributed by atoms with Gasteiger partial charge in [0.15, 0.2) is 17.3 Å². The summed E-state index contributed by atoms with van der Waals surface area (Å²) in [5.41, 5.74) is 2.56. The van der Waals surface area contributed by atoms with Crippen molar-refractivity contribution in [3.05, 3.63) is 34.6 Å². The van der Waals surface area contributed by atoms with Gasteiger partial charge in [0, 0.05) is 12.0 Å². The van der Waals surface area contributed by atoms with Gasteiger partial charge in [-0.2, -0.15) is 0 Å². The van der Waals surface area contributed by atoms with Crippen LogP contribution in [0.2, 0.25) is 5.15 Å². The van der Waals surface area contributed by atoms with Crippen LogP contribution in [-0.2, 0) is 17.8 Å². The van der Waals surface area contributed by atoms with Crippen molar-refractivity contribution in [1.29, 1.82) is 0 Å². The highest BCUT2D eigenvalue weighted by Gasteiger charge is 2.20. The highest BCUT2D eigenvalue weighted by Crippen LogP contribution is 2.37. The lowest BCUT2D eigenvalue weighted by molar-refractivity contribution is 0.109. The summed E-state index contributed by atoms with van der Waals surface area (Å²) in [5.74, 6) is 1.77. The Morgan fingerprint density at radius 3 is 2.81 bits per heavy atom. The summed E-state index contributed by atoms with van der Waals surface area (Å²) >= 11 is 6.26. The molecule has 110 valence electrons. The largest absolute Gasteiger partial charge is 0.493 e. The standard InChI is InChI=1S/C15H15ClN2O3/c1-19-12-5-3-4-9(13(12)20-2)15-17-11-6-7-21-8-10(11)14(16)18-15/h3-5H,6-8H2,1-2H3. The van der Waals surface area contributed by atoms with Gasteiger partial charge in [-0.15, -0.1) is 0 Å². The van der Waals surface area contributed by atoms with Crippen molar-refractivity contribution in [3.8, 4) is 22.9 Å². The van der Waals surface area contributed by atoms with Gasteiger partial charge in [-0.25, -0.2) is 9.97 Å². The summed E-state index contributed by atoms with van der Waals surface area (Å²) in [5, 5.41) is 0.430. The van der Waals surface area contributed by atoms with Crippen molar-refractivity contribution in [3.63, 3.8) is 0 Å². The minimum absolute atomic E-state index is 0.430. The van der Waals surface area contributed by atoms with Crippen molar-refractivity contribution in [2.75, 3.05) is 20.8 Å². The predicted molar refractivity (Wildman–Crippen MR) is 78.9 cm³/mol. The number of nitrogens with zero attached hydrogens (tertiary/aromatic N) is 2. The fourth-order valence-electron chi connectivity index (χ4n) is 2.38. The second-order valence-electron chi connectivity index (χ2n) is 4.61. The molecule has 0 amide bonds. The van der Waals surface area contributed by atoms with Crippen LogP contribution in [0, 0.1) is 0 Å². The molecule has 0 N–H and O–H groups in total. The number of hydrogen-bond acceptors (Lipinski definition) is 5. The van der Waals surface area contributed by atoms with Gasteiger partial charge in [0.25, 0.3) is 0 Å². The third-order valence-electron chi connectivity index (χ3n) is 3.42. The topological polar surface area (TPSA) is 53.5 Å². The zero-order valence-electron chi connectivity index (χ0n) is 11.9. The molecule has 0 aliphatic carbocycles. The Hall–Kier alpha value is -1.85. The van der Waals surface area contributed by atoms with Crippen LogP contribution in [0.4, 0.5) is 0 Å². The first-order valence-electron chi connectivity index (χ1n) is 6.59. The number of ether oxygens (including phenoxy) is 3. The van der Waals surface area contributed by atoms with Crippen LogP contribution in [-0.4, -0.2) is 30.8 Å². The first-order valence-corrected chi connectivity index (χ1v) is 6.96. The predicted octanol–water partition coefficient (Wildman–Crippen LogP) is 2.89. The maximum Gasteiger partial charge on any atom is 0.171 e. The summed E-state index contributed by atoms with van der Waals surface area (Å²) < 4.78 is 16.1. The van der Waals surface area contributed by atoms with Gasteiger partial charge in [0.05, 0.1) is 38.7 Å². The molecule has 2 heterocycles. The number of fused-ring (bicyclic) bond motifs is 1. The molecule has 0 unspecified atom stereocenters. The Labute approximate surface area is 127 Å². The Morgan fingerprint density at radius 1 is 1.19 bits per heavy atom. The lowest BCUT2D eigenvalue weighted by atomic mass is 10.1. The van der Waals surface area contributed by atoms with Gasteiger partial charge in [-0.05, 0) is 12.1 Å². The first-order chi connectivity index (χ1) is 10.2. The molecule has 3 rings (SSSR count). The number of benzene rings is 1. The van der Waals surface area contributed by atoms with Crippen LogP contribution in [0.1, 0.15) is 11.3 Å². The summed E-state index contributed by atoms with van der Waals surface area (Å²) in [6.45, 7) is 1.11. The van der Waals surface area contributed by atoms with Gasteiger partial charge < -0.3 is 14.2 Å². The summed E-state index contributed by atoms with van der Waals surface area (Å²) in [6.07, 6.45) is 0.733. The minimum Gasteiger partial charge on any atom is -0.493 e. The average molecular weight is 307 g/mol. The Balaban J connectivity index is 2.15. The van der Waals surface area contributed by atoms with Crippen LogP contribution in [0.3, 0.4) is 0 Å². The smallest absolute Gasteiger partial charge is 0.171 e. The molecule has 0 atom stereocenters. The maximum atomic E-state index is 6.26.